The summed E-state index contributed by atoms with van der Waals surface area (Å²) in [5.41, 5.74) is 6.57. The Kier molecular flexibility index (Phi) is 5.24. The summed E-state index contributed by atoms with van der Waals surface area (Å²) in [5, 5.41) is 3.30. The van der Waals surface area contributed by atoms with E-state index in [1.54, 1.807) is 6.07 Å². The van der Waals surface area contributed by atoms with Crippen molar-refractivity contribution in [2.45, 2.75) is 31.4 Å². The van der Waals surface area contributed by atoms with Crippen LogP contribution >= 0.6 is 0 Å². The molecule has 3 nitrogen and oxygen atoms in total. The van der Waals surface area contributed by atoms with Gasteiger partial charge >= 0.3 is 0 Å². The summed E-state index contributed by atoms with van der Waals surface area (Å²) in [4.78, 5) is 0. The molecule has 0 amide bonds. The van der Waals surface area contributed by atoms with Crippen LogP contribution in [0.25, 0.3) is 0 Å². The van der Waals surface area contributed by atoms with Crippen LogP contribution < -0.4 is 11.1 Å². The van der Waals surface area contributed by atoms with Gasteiger partial charge in [-0.3, -0.25) is 0 Å². The first-order valence-electron chi connectivity index (χ1n) is 6.63. The zero-order valence-electron chi connectivity index (χ0n) is 10.8. The lowest BCUT2D eigenvalue weighted by Gasteiger charge is -2.20. The van der Waals surface area contributed by atoms with Crippen molar-refractivity contribution in [3.63, 3.8) is 0 Å². The highest BCUT2D eigenvalue weighted by Gasteiger charge is 2.18. The summed E-state index contributed by atoms with van der Waals surface area (Å²) in [6.07, 6.45) is -0.106. The van der Waals surface area contributed by atoms with E-state index in [4.69, 9.17) is 10.5 Å². The third kappa shape index (κ3) is 3.96. The van der Waals surface area contributed by atoms with Gasteiger partial charge in [-0.05, 0) is 24.5 Å². The molecule has 1 saturated heterocycles. The van der Waals surface area contributed by atoms with E-state index >= 15 is 0 Å². The van der Waals surface area contributed by atoms with E-state index in [1.165, 1.54) is 12.1 Å². The zero-order valence-corrected chi connectivity index (χ0v) is 10.8. The molecule has 5 heteroatoms. The van der Waals surface area contributed by atoms with Crippen molar-refractivity contribution in [2.75, 3.05) is 19.7 Å². The van der Waals surface area contributed by atoms with Crippen molar-refractivity contribution < 1.29 is 13.5 Å². The lowest BCUT2D eigenvalue weighted by molar-refractivity contribution is 0.107. The van der Waals surface area contributed by atoms with E-state index < -0.39 is 6.43 Å². The minimum absolute atomic E-state index is 0.0369. The molecule has 2 rings (SSSR count). The van der Waals surface area contributed by atoms with Crippen molar-refractivity contribution >= 4 is 0 Å². The number of benzene rings is 1. The molecular weight excluding hydrogens is 250 g/mol. The van der Waals surface area contributed by atoms with Gasteiger partial charge in [-0.1, -0.05) is 18.2 Å². The van der Waals surface area contributed by atoms with Crippen molar-refractivity contribution in [2.24, 2.45) is 5.73 Å². The number of nitrogens with one attached hydrogen (secondary N) is 1. The summed E-state index contributed by atoms with van der Waals surface area (Å²) in [5.74, 6) is 0. The van der Waals surface area contributed by atoms with Crippen LogP contribution in [0.5, 0.6) is 0 Å². The molecule has 3 N–H and O–H groups in total. The summed E-state index contributed by atoms with van der Waals surface area (Å²) in [6.45, 7) is 1.89. The predicted octanol–water partition coefficient (Wildman–Crippen LogP) is 2.39. The second-order valence-electron chi connectivity index (χ2n) is 4.80. The van der Waals surface area contributed by atoms with Gasteiger partial charge in [0.15, 0.2) is 0 Å². The predicted molar refractivity (Wildman–Crippen MR) is 70.2 cm³/mol. The third-order valence-corrected chi connectivity index (χ3v) is 3.42. The van der Waals surface area contributed by atoms with E-state index in [0.717, 1.165) is 25.0 Å². The van der Waals surface area contributed by atoms with Gasteiger partial charge in [0.1, 0.15) is 0 Å². The maximum Gasteiger partial charge on any atom is 0.263 e. The molecule has 0 aromatic heterocycles. The van der Waals surface area contributed by atoms with Gasteiger partial charge in [0.2, 0.25) is 0 Å². The van der Waals surface area contributed by atoms with Crippen LogP contribution in [-0.4, -0.2) is 25.8 Å². The molecule has 1 aliphatic rings. The number of ether oxygens (including phenoxy) is 1. The summed E-state index contributed by atoms with van der Waals surface area (Å²) in [7, 11) is 0. The monoisotopic (exact) mass is 270 g/mol. The topological polar surface area (TPSA) is 47.3 Å². The number of rotatable bonds is 6. The number of hydrogen-bond donors (Lipinski definition) is 2. The van der Waals surface area contributed by atoms with E-state index in [-0.39, 0.29) is 17.7 Å². The average molecular weight is 270 g/mol. The van der Waals surface area contributed by atoms with Gasteiger partial charge in [0, 0.05) is 31.3 Å². The van der Waals surface area contributed by atoms with E-state index in [1.807, 2.05) is 6.07 Å². The molecule has 0 aliphatic carbocycles. The normalized spacial score (nSPS) is 20.9. The summed E-state index contributed by atoms with van der Waals surface area (Å²) >= 11 is 0. The van der Waals surface area contributed by atoms with Gasteiger partial charge in [0.25, 0.3) is 6.43 Å². The van der Waals surface area contributed by atoms with Crippen molar-refractivity contribution in [1.82, 2.24) is 5.32 Å². The molecule has 19 heavy (non-hydrogen) atoms. The highest BCUT2D eigenvalue weighted by Crippen LogP contribution is 2.22. The fourth-order valence-electron chi connectivity index (χ4n) is 2.33. The molecule has 1 fully saturated rings. The first-order valence-corrected chi connectivity index (χ1v) is 6.63. The van der Waals surface area contributed by atoms with Crippen LogP contribution in [0.1, 0.15) is 36.4 Å². The highest BCUT2D eigenvalue weighted by atomic mass is 19.3. The second kappa shape index (κ2) is 6.93. The molecule has 1 aliphatic heterocycles. The van der Waals surface area contributed by atoms with Crippen LogP contribution in [-0.2, 0) is 4.74 Å². The molecule has 0 saturated carbocycles. The maximum absolute atomic E-state index is 12.7. The van der Waals surface area contributed by atoms with Gasteiger partial charge in [-0.2, -0.15) is 0 Å². The number of alkyl halides is 2. The molecule has 1 heterocycles. The summed E-state index contributed by atoms with van der Waals surface area (Å²) in [6, 6.07) is 6.31. The Bertz CT molecular complexity index is 395. The fourth-order valence-corrected chi connectivity index (χ4v) is 2.33. The van der Waals surface area contributed by atoms with Crippen molar-refractivity contribution in [3.8, 4) is 0 Å². The van der Waals surface area contributed by atoms with Crippen LogP contribution in [0.2, 0.25) is 0 Å². The smallest absolute Gasteiger partial charge is 0.263 e. The number of nitrogens with two attached hydrogens (primary N) is 1. The minimum atomic E-state index is -2.45. The van der Waals surface area contributed by atoms with E-state index in [9.17, 15) is 8.78 Å². The molecule has 1 aromatic carbocycles. The average Bonchev–Trinajstić information content (AvgIpc) is 2.93. The van der Waals surface area contributed by atoms with Crippen LogP contribution in [0.4, 0.5) is 8.78 Å². The van der Waals surface area contributed by atoms with Crippen LogP contribution in [0, 0.1) is 0 Å². The molecular formula is C14H20F2N2O. The molecule has 0 spiro atoms. The van der Waals surface area contributed by atoms with Gasteiger partial charge in [-0.15, -0.1) is 0 Å². The highest BCUT2D eigenvalue weighted by molar-refractivity contribution is 5.27. The SMILES string of the molecule is NCC(NCC1CCCO1)c1cccc(C(F)F)c1. The number of hydrogen-bond acceptors (Lipinski definition) is 3. The molecule has 1 aromatic rings. The molecule has 2 atom stereocenters. The van der Waals surface area contributed by atoms with Crippen LogP contribution in [0.3, 0.4) is 0 Å². The second-order valence-corrected chi connectivity index (χ2v) is 4.80. The zero-order chi connectivity index (χ0) is 13.7. The fraction of sp³-hybridized carbons (Fsp3) is 0.571. The van der Waals surface area contributed by atoms with E-state index in [0.29, 0.717) is 13.1 Å². The molecule has 106 valence electrons. The lowest BCUT2D eigenvalue weighted by Crippen LogP contribution is -2.34. The Hall–Kier alpha value is -1.04. The van der Waals surface area contributed by atoms with E-state index in [2.05, 4.69) is 5.32 Å². The van der Waals surface area contributed by atoms with Crippen molar-refractivity contribution in [3.05, 3.63) is 35.4 Å². The number of halogens is 2. The quantitative estimate of drug-likeness (QED) is 0.834. The first-order chi connectivity index (χ1) is 9.20. The Morgan fingerprint density at radius 2 is 2.16 bits per heavy atom. The van der Waals surface area contributed by atoms with Gasteiger partial charge in [0.05, 0.1) is 6.10 Å². The minimum Gasteiger partial charge on any atom is -0.377 e. The maximum atomic E-state index is 12.7. The Morgan fingerprint density at radius 3 is 2.79 bits per heavy atom. The van der Waals surface area contributed by atoms with Gasteiger partial charge in [-0.25, -0.2) is 8.78 Å². The van der Waals surface area contributed by atoms with Gasteiger partial charge < -0.3 is 15.8 Å². The Morgan fingerprint density at radius 1 is 1.37 bits per heavy atom. The standard InChI is InChI=1S/C14H20F2N2O/c15-14(16)11-4-1-3-10(7-11)13(8-17)18-9-12-5-2-6-19-12/h1,3-4,7,12-14,18H,2,5-6,8-9,17H2. The third-order valence-electron chi connectivity index (χ3n) is 3.42. The van der Waals surface area contributed by atoms with Crippen molar-refractivity contribution in [1.29, 1.82) is 0 Å². The molecule has 0 bridgehead atoms. The largest absolute Gasteiger partial charge is 0.377 e. The first kappa shape index (κ1) is 14.4. The Balaban J connectivity index is 1.97. The summed E-state index contributed by atoms with van der Waals surface area (Å²) < 4.78 is 30.9. The lowest BCUT2D eigenvalue weighted by atomic mass is 10.0. The Labute approximate surface area is 112 Å². The van der Waals surface area contributed by atoms with Crippen LogP contribution in [0.15, 0.2) is 24.3 Å². The molecule has 0 radical (unpaired) electrons. The molecule has 2 unspecified atom stereocenters.